The highest BCUT2D eigenvalue weighted by Gasteiger charge is 2.16. The standard InChI is InChI=1S/C21H24ClN3O/c1-24-12-14-25(15-13-24)20-5-3-2-4-18(20)16-23-21(26)11-8-17-6-9-19(22)10-7-17/h2-11H,12-16H2,1H3,(H,23,26)/b11-8+. The zero-order valence-electron chi connectivity index (χ0n) is 15.0. The molecule has 26 heavy (non-hydrogen) atoms. The van der Waals surface area contributed by atoms with Crippen LogP contribution in [0.3, 0.4) is 0 Å². The lowest BCUT2D eigenvalue weighted by molar-refractivity contribution is -0.116. The summed E-state index contributed by atoms with van der Waals surface area (Å²) < 4.78 is 0. The van der Waals surface area contributed by atoms with Crippen LogP contribution in [0.25, 0.3) is 6.08 Å². The van der Waals surface area contributed by atoms with Crippen molar-refractivity contribution in [3.05, 3.63) is 70.8 Å². The Kier molecular flexibility index (Phi) is 6.31. The Morgan fingerprint density at radius 1 is 1.08 bits per heavy atom. The Hall–Kier alpha value is -2.30. The minimum atomic E-state index is -0.104. The van der Waals surface area contributed by atoms with E-state index in [1.165, 1.54) is 5.69 Å². The molecule has 0 aliphatic carbocycles. The van der Waals surface area contributed by atoms with E-state index in [1.54, 1.807) is 12.2 Å². The summed E-state index contributed by atoms with van der Waals surface area (Å²) in [6, 6.07) is 15.7. The molecule has 0 bridgehead atoms. The lowest BCUT2D eigenvalue weighted by atomic mass is 10.1. The first kappa shape index (κ1) is 18.5. The Morgan fingerprint density at radius 3 is 2.50 bits per heavy atom. The smallest absolute Gasteiger partial charge is 0.244 e. The van der Waals surface area contributed by atoms with Crippen molar-refractivity contribution >= 4 is 29.3 Å². The van der Waals surface area contributed by atoms with Gasteiger partial charge in [-0.05, 0) is 42.4 Å². The summed E-state index contributed by atoms with van der Waals surface area (Å²) in [4.78, 5) is 16.9. The van der Waals surface area contributed by atoms with E-state index in [0.29, 0.717) is 11.6 Å². The van der Waals surface area contributed by atoms with Gasteiger partial charge in [0.15, 0.2) is 0 Å². The van der Waals surface area contributed by atoms with Gasteiger partial charge in [-0.3, -0.25) is 4.79 Å². The van der Waals surface area contributed by atoms with E-state index >= 15 is 0 Å². The van der Waals surface area contributed by atoms with Gasteiger partial charge in [-0.25, -0.2) is 0 Å². The topological polar surface area (TPSA) is 35.6 Å². The molecular weight excluding hydrogens is 346 g/mol. The molecule has 0 radical (unpaired) electrons. The predicted molar refractivity (Wildman–Crippen MR) is 108 cm³/mol. The molecule has 136 valence electrons. The van der Waals surface area contributed by atoms with Gasteiger partial charge in [0.25, 0.3) is 0 Å². The number of hydrogen-bond acceptors (Lipinski definition) is 3. The number of amides is 1. The van der Waals surface area contributed by atoms with E-state index in [1.807, 2.05) is 30.3 Å². The van der Waals surface area contributed by atoms with Crippen LogP contribution in [-0.4, -0.2) is 44.0 Å². The van der Waals surface area contributed by atoms with Gasteiger partial charge in [-0.2, -0.15) is 0 Å². The number of para-hydroxylation sites is 1. The molecule has 0 spiro atoms. The Bertz CT molecular complexity index is 765. The van der Waals surface area contributed by atoms with E-state index < -0.39 is 0 Å². The summed E-state index contributed by atoms with van der Waals surface area (Å²) in [6.45, 7) is 4.66. The van der Waals surface area contributed by atoms with Gasteiger partial charge in [0, 0.05) is 49.5 Å². The summed E-state index contributed by atoms with van der Waals surface area (Å²) in [5.74, 6) is -0.104. The molecule has 1 aliphatic rings. The molecule has 0 atom stereocenters. The second-order valence-electron chi connectivity index (χ2n) is 6.52. The van der Waals surface area contributed by atoms with Crippen LogP contribution < -0.4 is 10.2 Å². The van der Waals surface area contributed by atoms with Gasteiger partial charge >= 0.3 is 0 Å². The SMILES string of the molecule is CN1CCN(c2ccccc2CNC(=O)/C=C/c2ccc(Cl)cc2)CC1. The summed E-state index contributed by atoms with van der Waals surface area (Å²) >= 11 is 5.87. The first-order valence-corrected chi connectivity index (χ1v) is 9.22. The fraction of sp³-hybridized carbons (Fsp3) is 0.286. The number of nitrogens with zero attached hydrogens (tertiary/aromatic N) is 2. The molecule has 1 heterocycles. The molecule has 1 saturated heterocycles. The van der Waals surface area contributed by atoms with Crippen LogP contribution in [0.5, 0.6) is 0 Å². The molecule has 0 unspecified atom stereocenters. The minimum Gasteiger partial charge on any atom is -0.369 e. The molecule has 2 aromatic carbocycles. The number of likely N-dealkylation sites (N-methyl/N-ethyl adjacent to an activating group) is 1. The third-order valence-corrected chi connectivity index (χ3v) is 4.84. The van der Waals surface area contributed by atoms with E-state index in [-0.39, 0.29) is 5.91 Å². The van der Waals surface area contributed by atoms with Crippen LogP contribution >= 0.6 is 11.6 Å². The summed E-state index contributed by atoms with van der Waals surface area (Å²) in [7, 11) is 2.15. The van der Waals surface area contributed by atoms with Gasteiger partial charge < -0.3 is 15.1 Å². The fourth-order valence-corrected chi connectivity index (χ4v) is 3.13. The fourth-order valence-electron chi connectivity index (χ4n) is 3.00. The Balaban J connectivity index is 1.59. The highest BCUT2D eigenvalue weighted by atomic mass is 35.5. The number of hydrogen-bond donors (Lipinski definition) is 1. The molecule has 2 aromatic rings. The maximum absolute atomic E-state index is 12.1. The van der Waals surface area contributed by atoms with Crippen molar-refractivity contribution in [1.82, 2.24) is 10.2 Å². The summed E-state index contributed by atoms with van der Waals surface area (Å²) in [6.07, 6.45) is 3.35. The first-order valence-electron chi connectivity index (χ1n) is 8.85. The number of anilines is 1. The number of carbonyl (C=O) groups excluding carboxylic acids is 1. The first-order chi connectivity index (χ1) is 12.6. The van der Waals surface area contributed by atoms with Crippen LogP contribution in [0, 0.1) is 0 Å². The number of nitrogens with one attached hydrogen (secondary N) is 1. The van der Waals surface area contributed by atoms with Gasteiger partial charge in [-0.1, -0.05) is 41.9 Å². The summed E-state index contributed by atoms with van der Waals surface area (Å²) in [5.41, 5.74) is 3.30. The average Bonchev–Trinajstić information content (AvgIpc) is 2.67. The highest BCUT2D eigenvalue weighted by molar-refractivity contribution is 6.30. The molecule has 1 fully saturated rings. The van der Waals surface area contributed by atoms with Crippen molar-refractivity contribution in [1.29, 1.82) is 0 Å². The molecule has 1 N–H and O–H groups in total. The molecule has 1 amide bonds. The van der Waals surface area contributed by atoms with E-state index in [4.69, 9.17) is 11.6 Å². The normalized spacial score (nSPS) is 15.4. The zero-order valence-corrected chi connectivity index (χ0v) is 15.7. The van der Waals surface area contributed by atoms with Crippen molar-refractivity contribution in [2.45, 2.75) is 6.54 Å². The molecule has 5 heteroatoms. The third kappa shape index (κ3) is 5.10. The number of carbonyl (C=O) groups is 1. The van der Waals surface area contributed by atoms with E-state index in [2.05, 4.69) is 40.4 Å². The highest BCUT2D eigenvalue weighted by Crippen LogP contribution is 2.21. The maximum atomic E-state index is 12.1. The second-order valence-corrected chi connectivity index (χ2v) is 6.96. The van der Waals surface area contributed by atoms with Crippen LogP contribution in [-0.2, 0) is 11.3 Å². The van der Waals surface area contributed by atoms with Gasteiger partial charge in [-0.15, -0.1) is 0 Å². The Morgan fingerprint density at radius 2 is 1.77 bits per heavy atom. The van der Waals surface area contributed by atoms with Crippen molar-refractivity contribution in [3.8, 4) is 0 Å². The van der Waals surface area contributed by atoms with Crippen LogP contribution in [0.1, 0.15) is 11.1 Å². The lowest BCUT2D eigenvalue weighted by Crippen LogP contribution is -2.45. The van der Waals surface area contributed by atoms with Crippen LogP contribution in [0.2, 0.25) is 5.02 Å². The van der Waals surface area contributed by atoms with E-state index in [0.717, 1.165) is 37.3 Å². The van der Waals surface area contributed by atoms with Crippen molar-refractivity contribution in [2.24, 2.45) is 0 Å². The molecule has 0 saturated carbocycles. The number of piperazine rings is 1. The lowest BCUT2D eigenvalue weighted by Gasteiger charge is -2.35. The molecule has 4 nitrogen and oxygen atoms in total. The number of halogens is 1. The molecule has 0 aromatic heterocycles. The van der Waals surface area contributed by atoms with Gasteiger partial charge in [0.2, 0.25) is 5.91 Å². The average molecular weight is 370 g/mol. The van der Waals surface area contributed by atoms with Gasteiger partial charge in [0.1, 0.15) is 0 Å². The number of rotatable bonds is 5. The summed E-state index contributed by atoms with van der Waals surface area (Å²) in [5, 5.41) is 3.67. The van der Waals surface area contributed by atoms with E-state index in [9.17, 15) is 4.79 Å². The Labute approximate surface area is 160 Å². The van der Waals surface area contributed by atoms with Crippen molar-refractivity contribution in [2.75, 3.05) is 38.1 Å². The minimum absolute atomic E-state index is 0.104. The zero-order chi connectivity index (χ0) is 18.4. The van der Waals surface area contributed by atoms with Crippen LogP contribution in [0.4, 0.5) is 5.69 Å². The molecule has 3 rings (SSSR count). The number of benzene rings is 2. The van der Waals surface area contributed by atoms with Crippen molar-refractivity contribution in [3.63, 3.8) is 0 Å². The quantitative estimate of drug-likeness (QED) is 0.820. The van der Waals surface area contributed by atoms with Gasteiger partial charge in [0.05, 0.1) is 0 Å². The largest absolute Gasteiger partial charge is 0.369 e. The second kappa shape index (κ2) is 8.88. The maximum Gasteiger partial charge on any atom is 0.244 e. The third-order valence-electron chi connectivity index (χ3n) is 4.59. The molecular formula is C21H24ClN3O. The van der Waals surface area contributed by atoms with Crippen molar-refractivity contribution < 1.29 is 4.79 Å². The predicted octanol–water partition coefficient (Wildman–Crippen LogP) is 3.42. The monoisotopic (exact) mass is 369 g/mol. The van der Waals surface area contributed by atoms with Crippen LogP contribution in [0.15, 0.2) is 54.6 Å². The molecule has 1 aliphatic heterocycles.